The highest BCUT2D eigenvalue weighted by atomic mass is 32.2. The van der Waals surface area contributed by atoms with Crippen LogP contribution in [0.3, 0.4) is 0 Å². The number of carboxylic acids is 2. The molecule has 68 heavy (non-hydrogen) atoms. The van der Waals surface area contributed by atoms with Gasteiger partial charge in [-0.2, -0.15) is 11.8 Å². The average Bonchev–Trinajstić information content (AvgIpc) is 4.18. The molecule has 0 radical (unpaired) electrons. The Kier molecular flexibility index (Phi) is 17.5. The first-order chi connectivity index (χ1) is 33.7. The molecule has 0 spiro atoms. The zero-order valence-electron chi connectivity index (χ0n) is 40.1. The van der Waals surface area contributed by atoms with Gasteiger partial charge in [0.1, 0.15) is 34.6 Å². The molecule has 0 saturated carbocycles. The number of thiazole rings is 1. The van der Waals surface area contributed by atoms with E-state index in [0.717, 1.165) is 16.9 Å². The van der Waals surface area contributed by atoms with Crippen molar-refractivity contribution >= 4 is 46.9 Å². The summed E-state index contributed by atoms with van der Waals surface area (Å²) < 4.78 is 40.6. The summed E-state index contributed by atoms with van der Waals surface area (Å²) in [6.45, 7) is 6.11. The highest BCUT2D eigenvalue weighted by molar-refractivity contribution is 7.99. The largest absolute Gasteiger partial charge is 0.493 e. The van der Waals surface area contributed by atoms with Crippen molar-refractivity contribution in [1.29, 1.82) is 0 Å². The molecule has 0 aliphatic heterocycles. The fraction of sp³-hybridized carbons (Fsp3) is 0.264. The van der Waals surface area contributed by atoms with E-state index in [1.54, 1.807) is 78.6 Å². The van der Waals surface area contributed by atoms with Crippen LogP contribution >= 0.6 is 23.1 Å². The zero-order chi connectivity index (χ0) is 50.2. The molecule has 0 aliphatic carbocycles. The van der Waals surface area contributed by atoms with Gasteiger partial charge in [0, 0.05) is 63.9 Å². The predicted octanol–water partition coefficient (Wildman–Crippen LogP) is 11.2. The van der Waals surface area contributed by atoms with Crippen LogP contribution in [0.15, 0.2) is 148 Å². The summed E-state index contributed by atoms with van der Waals surface area (Å²) >= 11 is 2.61. The Morgan fingerprint density at radius 2 is 1.18 bits per heavy atom. The second-order valence-electron chi connectivity index (χ2n) is 15.8. The number of thioether (sulfide) groups is 1. The van der Waals surface area contributed by atoms with Crippen molar-refractivity contribution in [2.45, 2.75) is 72.3 Å². The number of hydrogen-bond acceptors (Lipinski definition) is 11. The number of furan rings is 2. The number of rotatable bonds is 22. The minimum Gasteiger partial charge on any atom is -0.493 e. The number of carbonyl (C=O) groups excluding carboxylic acids is 2. The van der Waals surface area contributed by atoms with Crippen molar-refractivity contribution in [3.8, 4) is 34.1 Å². The smallest absolute Gasteiger partial charge is 0.313 e. The van der Waals surface area contributed by atoms with Gasteiger partial charge in [0.25, 0.3) is 11.8 Å². The molecular formula is C53H55N3O10S2. The lowest BCUT2D eigenvalue weighted by Gasteiger charge is -2.28. The van der Waals surface area contributed by atoms with Crippen molar-refractivity contribution in [2.24, 2.45) is 0 Å². The van der Waals surface area contributed by atoms with Crippen LogP contribution in [0.25, 0.3) is 22.6 Å². The molecule has 3 heterocycles. The number of benzene rings is 4. The summed E-state index contributed by atoms with van der Waals surface area (Å²) in [7, 11) is 0. The molecule has 0 bridgehead atoms. The maximum Gasteiger partial charge on any atom is 0.313 e. The van der Waals surface area contributed by atoms with Crippen molar-refractivity contribution < 1.29 is 50.4 Å². The van der Waals surface area contributed by atoms with E-state index in [1.165, 1.54) is 32.9 Å². The van der Waals surface area contributed by atoms with Gasteiger partial charge in [-0.25, -0.2) is 4.98 Å². The molecule has 2 amide bonds. The number of hydrogen-bond donors (Lipinski definition) is 2. The lowest BCUT2D eigenvalue weighted by molar-refractivity contribution is -0.136. The standard InChI is InChI=1S/C27H26N2O5S.C26H29NO5S/c1-18(2)29(27(32)20-11-9-19(10-12-20)23-8-5-13-33-23)15-21-6-3-4-7-24(21)34-16-22-17-35-25(28-22)14-26(30)31;1-19(2)27(26(30)21-12-10-20(11-13-21)23-9-5-14-31-23)17-22-7-3-4-8-24(22)32-15-6-16-33-18-25(28)29/h3-13,17-18H,14-16H2,1-2H3,(H,30,31);3-5,7-14,19H,6,15-18H2,1-2H3,(H,28,29)/i15D;17D. The minimum atomic E-state index is -1.00. The Morgan fingerprint density at radius 3 is 1.63 bits per heavy atom. The third-order valence-corrected chi connectivity index (χ3v) is 12.0. The van der Waals surface area contributed by atoms with E-state index < -0.39 is 25.0 Å². The monoisotopic (exact) mass is 959 g/mol. The maximum absolute atomic E-state index is 13.5. The number of aliphatic carboxylic acids is 2. The van der Waals surface area contributed by atoms with Crippen molar-refractivity contribution in [3.63, 3.8) is 0 Å². The summed E-state index contributed by atoms with van der Waals surface area (Å²) in [5.41, 5.74) is 4.48. The van der Waals surface area contributed by atoms with Gasteiger partial charge in [-0.3, -0.25) is 19.2 Å². The van der Waals surface area contributed by atoms with Crippen molar-refractivity contribution in [1.82, 2.24) is 14.8 Å². The fourth-order valence-electron chi connectivity index (χ4n) is 6.64. The minimum absolute atomic E-state index is 0.0688. The van der Waals surface area contributed by atoms with Crippen LogP contribution < -0.4 is 9.47 Å². The predicted molar refractivity (Wildman–Crippen MR) is 264 cm³/mol. The molecule has 4 aromatic carbocycles. The van der Waals surface area contributed by atoms with Crippen LogP contribution in [0, 0.1) is 0 Å². The molecule has 0 fully saturated rings. The van der Waals surface area contributed by atoms with E-state index in [-0.39, 0.29) is 42.7 Å². The Labute approximate surface area is 407 Å². The number of amides is 2. The van der Waals surface area contributed by atoms with Gasteiger partial charge in [-0.15, -0.1) is 11.3 Å². The second-order valence-corrected chi connectivity index (χ2v) is 17.8. The van der Waals surface area contributed by atoms with Crippen LogP contribution in [0.4, 0.5) is 0 Å². The number of carboxylic acid groups (broad SMARTS) is 2. The molecule has 7 aromatic rings. The van der Waals surface area contributed by atoms with Gasteiger partial charge in [0.15, 0.2) is 0 Å². The van der Waals surface area contributed by atoms with Crippen LogP contribution in [0.1, 0.15) is 79.4 Å². The van der Waals surface area contributed by atoms with Crippen molar-refractivity contribution in [2.75, 3.05) is 18.1 Å². The molecule has 2 N–H and O–H groups in total. The third-order valence-electron chi connectivity index (χ3n) is 10.0. The van der Waals surface area contributed by atoms with E-state index >= 15 is 0 Å². The van der Waals surface area contributed by atoms with E-state index in [1.807, 2.05) is 88.4 Å². The number of ether oxygens (including phenoxy) is 2. The first kappa shape index (κ1) is 47.4. The number of nitrogens with zero attached hydrogens (tertiary/aromatic N) is 3. The Balaban J connectivity index is 0.000000230. The molecule has 3 aromatic heterocycles. The Bertz CT molecular complexity index is 2760. The second kappa shape index (κ2) is 25.1. The van der Waals surface area contributed by atoms with Gasteiger partial charge in [-0.05, 0) is 101 Å². The Hall–Kier alpha value is -7.10. The van der Waals surface area contributed by atoms with Gasteiger partial charge in [0.05, 0.1) is 39.7 Å². The Morgan fingerprint density at radius 1 is 0.676 bits per heavy atom. The molecule has 7 rings (SSSR count). The summed E-state index contributed by atoms with van der Waals surface area (Å²) in [5, 5.41) is 19.9. The molecule has 2 unspecified atom stereocenters. The quantitative estimate of drug-likeness (QED) is 0.0617. The summed E-state index contributed by atoms with van der Waals surface area (Å²) in [6.07, 6.45) is 3.75. The normalized spacial score (nSPS) is 12.3. The summed E-state index contributed by atoms with van der Waals surface area (Å²) in [4.78, 5) is 55.7. The molecule has 13 nitrogen and oxygen atoms in total. The highest BCUT2D eigenvalue weighted by Crippen LogP contribution is 2.27. The van der Waals surface area contributed by atoms with Gasteiger partial charge >= 0.3 is 11.9 Å². The third kappa shape index (κ3) is 14.7. The number of para-hydroxylation sites is 2. The number of carbonyl (C=O) groups is 4. The molecular weight excluding hydrogens is 903 g/mol. The molecule has 0 aliphatic rings. The summed E-state index contributed by atoms with van der Waals surface area (Å²) in [5.74, 6) is 0.942. The lowest BCUT2D eigenvalue weighted by atomic mass is 10.1. The van der Waals surface area contributed by atoms with Crippen molar-refractivity contribution in [3.05, 3.63) is 172 Å². The van der Waals surface area contributed by atoms with Crippen LogP contribution in [0.5, 0.6) is 11.5 Å². The number of aromatic nitrogens is 1. The van der Waals surface area contributed by atoms with Gasteiger partial charge in [0.2, 0.25) is 0 Å². The maximum atomic E-state index is 13.5. The van der Waals surface area contributed by atoms with Crippen LogP contribution in [0.2, 0.25) is 0 Å². The first-order valence-corrected chi connectivity index (χ1v) is 23.9. The fourth-order valence-corrected chi connectivity index (χ4v) is 8.05. The zero-order valence-corrected chi connectivity index (χ0v) is 39.8. The van der Waals surface area contributed by atoms with E-state index in [9.17, 15) is 19.2 Å². The van der Waals surface area contributed by atoms with Crippen LogP contribution in [-0.4, -0.2) is 78.9 Å². The van der Waals surface area contributed by atoms with E-state index in [2.05, 4.69) is 4.98 Å². The summed E-state index contributed by atoms with van der Waals surface area (Å²) in [6, 6.07) is 35.6. The molecule has 354 valence electrons. The average molecular weight is 960 g/mol. The van der Waals surface area contributed by atoms with Gasteiger partial charge < -0.3 is 38.3 Å². The molecule has 2 atom stereocenters. The SMILES string of the molecule is [2H]C(c1ccccc1OCCCSCC(=O)O)N(C(=O)c1ccc(-c2ccco2)cc1)C(C)C.[2H]C(c1ccccc1OCc1csc(CC(=O)O)n1)N(C(=O)c1ccc(-c2ccco2)cc1)C(C)C. The first-order valence-electron chi connectivity index (χ1n) is 23.0. The highest BCUT2D eigenvalue weighted by Gasteiger charge is 2.23. The van der Waals surface area contributed by atoms with Crippen LogP contribution in [-0.2, 0) is 35.7 Å². The topological polar surface area (TPSA) is 173 Å². The molecule has 0 saturated heterocycles. The van der Waals surface area contributed by atoms with E-state index in [4.69, 9.17) is 31.3 Å². The molecule has 15 heteroatoms. The van der Waals surface area contributed by atoms with E-state index in [0.29, 0.717) is 69.0 Å². The van der Waals surface area contributed by atoms with Gasteiger partial charge in [-0.1, -0.05) is 60.7 Å². The lowest BCUT2D eigenvalue weighted by Crippen LogP contribution is -2.36.